The van der Waals surface area contributed by atoms with Crippen LogP contribution in [0.2, 0.25) is 0 Å². The summed E-state index contributed by atoms with van der Waals surface area (Å²) in [7, 11) is 1.47. The number of hydrogen-bond donors (Lipinski definition) is 1. The number of aromatic nitrogens is 4. The molecule has 0 aliphatic heterocycles. The van der Waals surface area contributed by atoms with Gasteiger partial charge in [-0.25, -0.2) is 9.37 Å². The Labute approximate surface area is 136 Å². The fourth-order valence-electron chi connectivity index (χ4n) is 2.10. The topological polar surface area (TPSA) is 85.9 Å². The SMILES string of the molecule is CONC=Nc1nc2nccc([C@@H](C)Oc3cccc(F)c3)n2n1. The highest BCUT2D eigenvalue weighted by atomic mass is 19.1. The van der Waals surface area contributed by atoms with Gasteiger partial charge in [0.05, 0.1) is 12.8 Å². The molecule has 2 aromatic heterocycles. The van der Waals surface area contributed by atoms with Gasteiger partial charge < -0.3 is 4.74 Å². The summed E-state index contributed by atoms with van der Waals surface area (Å²) in [5.74, 6) is 0.668. The van der Waals surface area contributed by atoms with Gasteiger partial charge in [-0.1, -0.05) is 6.07 Å². The van der Waals surface area contributed by atoms with E-state index in [2.05, 4.69) is 30.4 Å². The van der Waals surface area contributed by atoms with E-state index in [4.69, 9.17) is 4.74 Å². The minimum Gasteiger partial charge on any atom is -0.484 e. The fourth-order valence-corrected chi connectivity index (χ4v) is 2.10. The highest BCUT2D eigenvalue weighted by Gasteiger charge is 2.15. The third-order valence-electron chi connectivity index (χ3n) is 3.13. The zero-order chi connectivity index (χ0) is 16.9. The van der Waals surface area contributed by atoms with Gasteiger partial charge in [0.15, 0.2) is 0 Å². The molecular weight excluding hydrogens is 315 g/mol. The van der Waals surface area contributed by atoms with Crippen LogP contribution in [0.3, 0.4) is 0 Å². The molecule has 1 aromatic carbocycles. The number of benzene rings is 1. The molecule has 3 rings (SSSR count). The standard InChI is InChI=1S/C15H15FN6O2/c1-10(24-12-5-3-4-11(16)8-12)13-6-7-17-15-20-14(21-22(13)15)18-9-19-23-2/h3-10H,1-2H3,(H,18,19,21)/t10-/m1/s1. The van der Waals surface area contributed by atoms with Crippen LogP contribution in [0.1, 0.15) is 18.7 Å². The zero-order valence-corrected chi connectivity index (χ0v) is 13.0. The summed E-state index contributed by atoms with van der Waals surface area (Å²) in [5.41, 5.74) is 3.16. The normalized spacial score (nSPS) is 12.6. The monoisotopic (exact) mass is 330 g/mol. The zero-order valence-electron chi connectivity index (χ0n) is 13.0. The van der Waals surface area contributed by atoms with Crippen molar-refractivity contribution in [1.82, 2.24) is 25.1 Å². The van der Waals surface area contributed by atoms with Crippen molar-refractivity contribution < 1.29 is 14.0 Å². The predicted molar refractivity (Wildman–Crippen MR) is 84.5 cm³/mol. The van der Waals surface area contributed by atoms with E-state index in [0.717, 1.165) is 0 Å². The first-order valence-corrected chi connectivity index (χ1v) is 7.12. The molecule has 0 fully saturated rings. The molecule has 0 bridgehead atoms. The van der Waals surface area contributed by atoms with E-state index in [9.17, 15) is 4.39 Å². The van der Waals surface area contributed by atoms with Crippen molar-refractivity contribution in [1.29, 1.82) is 0 Å². The summed E-state index contributed by atoms with van der Waals surface area (Å²) in [4.78, 5) is 17.0. The van der Waals surface area contributed by atoms with Gasteiger partial charge >= 0.3 is 0 Å². The molecule has 0 aliphatic carbocycles. The number of aliphatic imine (C=N–C) groups is 1. The molecule has 0 radical (unpaired) electrons. The van der Waals surface area contributed by atoms with E-state index < -0.39 is 6.10 Å². The van der Waals surface area contributed by atoms with Crippen LogP contribution in [0.25, 0.3) is 5.78 Å². The van der Waals surface area contributed by atoms with E-state index in [1.165, 1.54) is 30.1 Å². The number of ether oxygens (including phenoxy) is 1. The third kappa shape index (κ3) is 3.46. The number of hydroxylamine groups is 1. The number of hydrogen-bond acceptors (Lipinski definition) is 6. The van der Waals surface area contributed by atoms with Crippen LogP contribution in [0.4, 0.5) is 10.3 Å². The predicted octanol–water partition coefficient (Wildman–Crippen LogP) is 2.21. The molecule has 0 spiro atoms. The first-order chi connectivity index (χ1) is 11.7. The average Bonchev–Trinajstić information content (AvgIpc) is 2.97. The third-order valence-corrected chi connectivity index (χ3v) is 3.13. The number of nitrogens with one attached hydrogen (secondary N) is 1. The molecule has 0 saturated carbocycles. The van der Waals surface area contributed by atoms with E-state index in [1.54, 1.807) is 24.4 Å². The Balaban J connectivity index is 1.88. The van der Waals surface area contributed by atoms with Gasteiger partial charge in [0.2, 0.25) is 0 Å². The van der Waals surface area contributed by atoms with Crippen LogP contribution in [-0.2, 0) is 4.84 Å². The number of nitrogens with zero attached hydrogens (tertiary/aromatic N) is 5. The van der Waals surface area contributed by atoms with Crippen molar-refractivity contribution in [3.05, 3.63) is 48.0 Å². The maximum absolute atomic E-state index is 13.3. The Hall–Kier alpha value is -3.07. The Morgan fingerprint density at radius 3 is 3.04 bits per heavy atom. The molecule has 1 N–H and O–H groups in total. The van der Waals surface area contributed by atoms with E-state index in [0.29, 0.717) is 17.2 Å². The molecule has 0 unspecified atom stereocenters. The molecule has 0 amide bonds. The fraction of sp³-hybridized carbons (Fsp3) is 0.200. The lowest BCUT2D eigenvalue weighted by Crippen LogP contribution is -2.10. The minimum atomic E-state index is -0.395. The molecule has 124 valence electrons. The van der Waals surface area contributed by atoms with Crippen LogP contribution in [0.5, 0.6) is 5.75 Å². The van der Waals surface area contributed by atoms with Crippen molar-refractivity contribution in [3.63, 3.8) is 0 Å². The summed E-state index contributed by atoms with van der Waals surface area (Å²) in [6.07, 6.45) is 2.53. The summed E-state index contributed by atoms with van der Waals surface area (Å²) in [6.45, 7) is 1.83. The Kier molecular flexibility index (Phi) is 4.62. The van der Waals surface area contributed by atoms with Crippen LogP contribution >= 0.6 is 0 Å². The van der Waals surface area contributed by atoms with Gasteiger partial charge in [0.1, 0.15) is 24.0 Å². The maximum Gasteiger partial charge on any atom is 0.272 e. The number of fused-ring (bicyclic) bond motifs is 1. The van der Waals surface area contributed by atoms with Crippen LogP contribution in [0.15, 0.2) is 41.5 Å². The Morgan fingerprint density at radius 1 is 1.38 bits per heavy atom. The molecule has 2 heterocycles. The molecular formula is C15H15FN6O2. The van der Waals surface area contributed by atoms with E-state index in [-0.39, 0.29) is 11.8 Å². The molecule has 0 saturated heterocycles. The smallest absolute Gasteiger partial charge is 0.272 e. The molecule has 8 nitrogen and oxygen atoms in total. The maximum atomic E-state index is 13.3. The van der Waals surface area contributed by atoms with E-state index in [1.807, 2.05) is 6.92 Å². The first kappa shape index (κ1) is 15.8. The highest BCUT2D eigenvalue weighted by molar-refractivity contribution is 5.57. The second kappa shape index (κ2) is 7.01. The lowest BCUT2D eigenvalue weighted by Gasteiger charge is -2.15. The van der Waals surface area contributed by atoms with E-state index >= 15 is 0 Å². The van der Waals surface area contributed by atoms with Gasteiger partial charge in [-0.15, -0.1) is 5.10 Å². The summed E-state index contributed by atoms with van der Waals surface area (Å²) >= 11 is 0. The minimum absolute atomic E-state index is 0.220. The van der Waals surface area contributed by atoms with Crippen molar-refractivity contribution >= 4 is 18.1 Å². The lowest BCUT2D eigenvalue weighted by molar-refractivity contribution is 0.148. The summed E-state index contributed by atoms with van der Waals surface area (Å²) in [5, 5.41) is 4.26. The highest BCUT2D eigenvalue weighted by Crippen LogP contribution is 2.22. The largest absolute Gasteiger partial charge is 0.484 e. The summed E-state index contributed by atoms with van der Waals surface area (Å²) in [6, 6.07) is 7.71. The van der Waals surface area contributed by atoms with Gasteiger partial charge in [0.25, 0.3) is 11.7 Å². The van der Waals surface area contributed by atoms with Gasteiger partial charge in [-0.2, -0.15) is 14.5 Å². The van der Waals surface area contributed by atoms with Crippen LogP contribution in [-0.4, -0.2) is 33.0 Å². The van der Waals surface area contributed by atoms with Gasteiger partial charge in [-0.3, -0.25) is 10.3 Å². The van der Waals surface area contributed by atoms with Gasteiger partial charge in [-0.05, 0) is 25.1 Å². The lowest BCUT2D eigenvalue weighted by atomic mass is 10.2. The molecule has 1 atom stereocenters. The Morgan fingerprint density at radius 2 is 2.25 bits per heavy atom. The average molecular weight is 330 g/mol. The molecule has 9 heteroatoms. The van der Waals surface area contributed by atoms with Crippen molar-refractivity contribution in [3.8, 4) is 5.75 Å². The number of halogens is 1. The quantitative estimate of drug-likeness (QED) is 0.424. The molecule has 24 heavy (non-hydrogen) atoms. The second-order valence-corrected chi connectivity index (χ2v) is 4.79. The second-order valence-electron chi connectivity index (χ2n) is 4.79. The first-order valence-electron chi connectivity index (χ1n) is 7.12. The van der Waals surface area contributed by atoms with Crippen molar-refractivity contribution in [2.24, 2.45) is 4.99 Å². The molecule has 3 aromatic rings. The molecule has 0 aliphatic rings. The Bertz CT molecular complexity index is 866. The van der Waals surface area contributed by atoms with Crippen molar-refractivity contribution in [2.75, 3.05) is 7.11 Å². The van der Waals surface area contributed by atoms with Crippen LogP contribution in [0, 0.1) is 5.82 Å². The van der Waals surface area contributed by atoms with Gasteiger partial charge in [0, 0.05) is 12.3 Å². The number of rotatable bonds is 6. The van der Waals surface area contributed by atoms with Crippen molar-refractivity contribution in [2.45, 2.75) is 13.0 Å². The summed E-state index contributed by atoms with van der Waals surface area (Å²) < 4.78 is 20.6. The van der Waals surface area contributed by atoms with Crippen LogP contribution < -0.4 is 10.2 Å².